The number of hydrogen-bond donors (Lipinski definition) is 2. The molecule has 0 aromatic carbocycles. The molecule has 1 aromatic heterocycles. The molecule has 0 aliphatic heterocycles. The SMILES string of the molecule is CC(=O)Nc1nnc(S(=O)(=O)NC(CI)C(C)C)s1. The highest BCUT2D eigenvalue weighted by Gasteiger charge is 2.25. The van der Waals surface area contributed by atoms with Gasteiger partial charge in [-0.1, -0.05) is 47.8 Å². The highest BCUT2D eigenvalue weighted by Crippen LogP contribution is 2.20. The summed E-state index contributed by atoms with van der Waals surface area (Å²) in [5, 5.41) is 9.77. The van der Waals surface area contributed by atoms with Gasteiger partial charge in [-0.05, 0) is 5.92 Å². The molecule has 0 bridgehead atoms. The van der Waals surface area contributed by atoms with Crippen LogP contribution in [0.3, 0.4) is 0 Å². The lowest BCUT2D eigenvalue weighted by atomic mass is 10.1. The van der Waals surface area contributed by atoms with Crippen LogP contribution in [0.15, 0.2) is 4.34 Å². The first-order chi connectivity index (χ1) is 8.76. The first-order valence-electron chi connectivity index (χ1n) is 5.45. The van der Waals surface area contributed by atoms with Gasteiger partial charge in [0.05, 0.1) is 0 Å². The Hall–Kier alpha value is -0.330. The summed E-state index contributed by atoms with van der Waals surface area (Å²) in [6.45, 7) is 5.20. The number of rotatable bonds is 6. The van der Waals surface area contributed by atoms with Crippen molar-refractivity contribution >= 4 is 55.0 Å². The van der Waals surface area contributed by atoms with E-state index in [0.29, 0.717) is 4.43 Å². The summed E-state index contributed by atoms with van der Waals surface area (Å²) < 4.78 is 27.3. The van der Waals surface area contributed by atoms with E-state index in [9.17, 15) is 13.2 Å². The zero-order chi connectivity index (χ0) is 14.6. The Morgan fingerprint density at radius 1 is 1.42 bits per heavy atom. The first kappa shape index (κ1) is 16.7. The van der Waals surface area contributed by atoms with Crippen LogP contribution in [-0.2, 0) is 14.8 Å². The number of nitrogens with one attached hydrogen (secondary N) is 2. The lowest BCUT2D eigenvalue weighted by Crippen LogP contribution is -2.39. The van der Waals surface area contributed by atoms with Crippen LogP contribution in [-0.4, -0.2) is 35.0 Å². The zero-order valence-electron chi connectivity index (χ0n) is 10.7. The quantitative estimate of drug-likeness (QED) is 0.411. The van der Waals surface area contributed by atoms with Crippen molar-refractivity contribution in [2.75, 3.05) is 9.74 Å². The lowest BCUT2D eigenvalue weighted by Gasteiger charge is -2.18. The van der Waals surface area contributed by atoms with Crippen molar-refractivity contribution in [2.24, 2.45) is 5.92 Å². The van der Waals surface area contributed by atoms with E-state index in [4.69, 9.17) is 0 Å². The van der Waals surface area contributed by atoms with Crippen LogP contribution in [0.4, 0.5) is 5.13 Å². The second-order valence-corrected chi connectivity index (χ2v) is 7.93. The predicted octanol–water partition coefficient (Wildman–Crippen LogP) is 1.23. The molecule has 1 atom stereocenters. The molecule has 0 aliphatic rings. The average molecular weight is 418 g/mol. The number of anilines is 1. The minimum Gasteiger partial charge on any atom is -0.301 e. The third kappa shape index (κ3) is 4.93. The minimum absolute atomic E-state index is 0.147. The van der Waals surface area contributed by atoms with E-state index < -0.39 is 10.0 Å². The second-order valence-electron chi connectivity index (χ2n) is 4.18. The van der Waals surface area contributed by atoms with E-state index in [2.05, 4.69) is 42.8 Å². The van der Waals surface area contributed by atoms with Crippen LogP contribution in [0.5, 0.6) is 0 Å². The van der Waals surface area contributed by atoms with Gasteiger partial charge in [0, 0.05) is 17.4 Å². The monoisotopic (exact) mass is 418 g/mol. The molecule has 1 aromatic rings. The van der Waals surface area contributed by atoms with Crippen LogP contribution < -0.4 is 10.0 Å². The zero-order valence-corrected chi connectivity index (χ0v) is 14.5. The van der Waals surface area contributed by atoms with E-state index in [1.807, 2.05) is 13.8 Å². The van der Waals surface area contributed by atoms with E-state index in [0.717, 1.165) is 11.3 Å². The van der Waals surface area contributed by atoms with Crippen molar-refractivity contribution in [3.8, 4) is 0 Å². The molecule has 1 amide bonds. The number of aromatic nitrogens is 2. The fraction of sp³-hybridized carbons (Fsp3) is 0.667. The normalized spacial score (nSPS) is 13.5. The molecular weight excluding hydrogens is 403 g/mol. The molecule has 19 heavy (non-hydrogen) atoms. The van der Waals surface area contributed by atoms with Gasteiger partial charge in [-0.3, -0.25) is 4.79 Å². The highest BCUT2D eigenvalue weighted by molar-refractivity contribution is 14.1. The maximum atomic E-state index is 12.1. The average Bonchev–Trinajstić information content (AvgIpc) is 2.73. The van der Waals surface area contributed by atoms with Crippen molar-refractivity contribution in [1.29, 1.82) is 0 Å². The molecule has 1 heterocycles. The summed E-state index contributed by atoms with van der Waals surface area (Å²) in [5.41, 5.74) is 0. The van der Waals surface area contributed by atoms with Crippen LogP contribution >= 0.6 is 33.9 Å². The molecule has 7 nitrogen and oxygen atoms in total. The van der Waals surface area contributed by atoms with Gasteiger partial charge in [0.1, 0.15) is 0 Å². The molecule has 10 heteroatoms. The largest absolute Gasteiger partial charge is 0.301 e. The fourth-order valence-electron chi connectivity index (χ4n) is 1.11. The van der Waals surface area contributed by atoms with Crippen molar-refractivity contribution in [3.05, 3.63) is 0 Å². The number of amides is 1. The van der Waals surface area contributed by atoms with Crippen molar-refractivity contribution in [1.82, 2.24) is 14.9 Å². The smallest absolute Gasteiger partial charge is 0.270 e. The third-order valence-electron chi connectivity index (χ3n) is 2.20. The molecule has 0 spiro atoms. The Balaban J connectivity index is 2.88. The molecule has 0 saturated carbocycles. The number of hydrogen-bond acceptors (Lipinski definition) is 6. The number of nitrogens with zero attached hydrogens (tertiary/aromatic N) is 2. The molecule has 0 fully saturated rings. The Labute approximate surface area is 129 Å². The number of halogens is 1. The van der Waals surface area contributed by atoms with E-state index in [1.165, 1.54) is 6.92 Å². The van der Waals surface area contributed by atoms with Crippen molar-refractivity contribution < 1.29 is 13.2 Å². The predicted molar refractivity (Wildman–Crippen MR) is 82.0 cm³/mol. The number of sulfonamides is 1. The summed E-state index contributed by atoms with van der Waals surface area (Å²) in [5.74, 6) is -0.144. The Kier molecular flexibility index (Phi) is 6.08. The Morgan fingerprint density at radius 3 is 2.53 bits per heavy atom. The van der Waals surface area contributed by atoms with Crippen LogP contribution in [0.2, 0.25) is 0 Å². The third-order valence-corrected chi connectivity index (χ3v) is 5.84. The van der Waals surface area contributed by atoms with Crippen molar-refractivity contribution in [3.63, 3.8) is 0 Å². The van der Waals surface area contributed by atoms with Crippen LogP contribution in [0.1, 0.15) is 20.8 Å². The van der Waals surface area contributed by atoms with Gasteiger partial charge >= 0.3 is 0 Å². The first-order valence-corrected chi connectivity index (χ1v) is 9.28. The molecule has 0 saturated heterocycles. The minimum atomic E-state index is -3.69. The van der Waals surface area contributed by atoms with Crippen molar-refractivity contribution in [2.45, 2.75) is 31.2 Å². The highest BCUT2D eigenvalue weighted by atomic mass is 127. The van der Waals surface area contributed by atoms with Gasteiger partial charge in [0.15, 0.2) is 0 Å². The molecule has 2 N–H and O–H groups in total. The molecule has 108 valence electrons. The maximum absolute atomic E-state index is 12.1. The van der Waals surface area contributed by atoms with Crippen LogP contribution in [0.25, 0.3) is 0 Å². The van der Waals surface area contributed by atoms with E-state index in [-0.39, 0.29) is 27.3 Å². The maximum Gasteiger partial charge on any atom is 0.270 e. The van der Waals surface area contributed by atoms with E-state index >= 15 is 0 Å². The topological polar surface area (TPSA) is 101 Å². The summed E-state index contributed by atoms with van der Waals surface area (Å²) in [4.78, 5) is 10.8. The molecular formula is C9H15IN4O3S2. The number of alkyl halides is 1. The van der Waals surface area contributed by atoms with Gasteiger partial charge in [0.2, 0.25) is 15.4 Å². The number of carbonyl (C=O) groups excluding carboxylic acids is 1. The van der Waals surface area contributed by atoms with E-state index in [1.54, 1.807) is 0 Å². The second kappa shape index (κ2) is 6.90. The molecule has 1 rings (SSSR count). The van der Waals surface area contributed by atoms with Gasteiger partial charge in [-0.15, -0.1) is 10.2 Å². The van der Waals surface area contributed by atoms with Gasteiger partial charge in [-0.2, -0.15) is 0 Å². The lowest BCUT2D eigenvalue weighted by molar-refractivity contribution is -0.114. The molecule has 0 aliphatic carbocycles. The fourth-order valence-corrected chi connectivity index (χ4v) is 5.00. The summed E-state index contributed by atoms with van der Waals surface area (Å²) in [7, 11) is -3.69. The van der Waals surface area contributed by atoms with Crippen LogP contribution in [0, 0.1) is 5.92 Å². The summed E-state index contributed by atoms with van der Waals surface area (Å²) in [6.07, 6.45) is 0. The van der Waals surface area contributed by atoms with Gasteiger partial charge < -0.3 is 5.32 Å². The summed E-state index contributed by atoms with van der Waals surface area (Å²) in [6, 6.07) is -0.168. The Morgan fingerprint density at radius 2 is 2.05 bits per heavy atom. The standard InChI is InChI=1S/C9H15IN4O3S2/c1-5(2)7(4-10)14-19(16,17)9-13-12-8(18-9)11-6(3)15/h5,7,14H,4H2,1-3H3,(H,11,12,15). The molecule has 1 unspecified atom stereocenters. The Bertz CT molecular complexity index is 543. The summed E-state index contributed by atoms with van der Waals surface area (Å²) >= 11 is 2.95. The van der Waals surface area contributed by atoms with Gasteiger partial charge in [0.25, 0.3) is 10.0 Å². The number of carbonyl (C=O) groups is 1. The van der Waals surface area contributed by atoms with Gasteiger partial charge in [-0.25, -0.2) is 13.1 Å². The molecule has 0 radical (unpaired) electrons.